The fourth-order valence-corrected chi connectivity index (χ4v) is 2.82. The molecule has 0 unspecified atom stereocenters. The Morgan fingerprint density at radius 3 is 2.54 bits per heavy atom. The molecule has 3 rings (SSSR count). The largest absolute Gasteiger partial charge is 0.355 e. The normalized spacial score (nSPS) is 14.4. The zero-order valence-corrected chi connectivity index (χ0v) is 14.1. The molecule has 2 N–H and O–H groups in total. The number of hydrazine groups is 1. The molecule has 1 saturated heterocycles. The Morgan fingerprint density at radius 2 is 1.88 bits per heavy atom. The van der Waals surface area contributed by atoms with E-state index >= 15 is 0 Å². The number of nitrogens with zero attached hydrogens (tertiary/aromatic N) is 5. The van der Waals surface area contributed by atoms with Gasteiger partial charge in [-0.25, -0.2) is 9.97 Å². The monoisotopic (exact) mass is 357 g/mol. The zero-order chi connectivity index (χ0) is 18.4. The van der Waals surface area contributed by atoms with E-state index in [-0.39, 0.29) is 23.0 Å². The van der Waals surface area contributed by atoms with Crippen molar-refractivity contribution in [2.24, 2.45) is 0 Å². The minimum atomic E-state index is -0.532. The summed E-state index contributed by atoms with van der Waals surface area (Å²) < 4.78 is 0. The lowest BCUT2D eigenvalue weighted by Gasteiger charge is -2.21. The minimum absolute atomic E-state index is 0.0615. The smallest absolute Gasteiger partial charge is 0.351 e. The van der Waals surface area contributed by atoms with E-state index in [1.165, 1.54) is 18.6 Å². The first-order valence-electron chi connectivity index (χ1n) is 8.38. The van der Waals surface area contributed by atoms with Crippen LogP contribution in [0.4, 0.5) is 17.3 Å². The Kier molecular flexibility index (Phi) is 5.52. The van der Waals surface area contributed by atoms with Gasteiger partial charge in [0, 0.05) is 19.3 Å². The number of carbonyl (C=O) groups is 1. The molecule has 0 saturated carbocycles. The lowest BCUT2D eigenvalue weighted by molar-refractivity contribution is -0.383. The zero-order valence-electron chi connectivity index (χ0n) is 14.1. The standard InChI is InChI=1S/C16H19N7O3/c24-16(12-7-3-4-8-17-12)21-20-14-13(23(25)26)15(19-11-18-14)22-9-5-1-2-6-10-22/h3-4,7-8,11H,1-2,5-6,9-10H2,(H,21,24)(H,18,19,20). The lowest BCUT2D eigenvalue weighted by atomic mass is 10.2. The summed E-state index contributed by atoms with van der Waals surface area (Å²) in [4.78, 5) is 37.0. The molecule has 0 aliphatic carbocycles. The highest BCUT2D eigenvalue weighted by molar-refractivity contribution is 5.93. The number of anilines is 2. The third kappa shape index (κ3) is 4.02. The van der Waals surface area contributed by atoms with E-state index in [9.17, 15) is 14.9 Å². The van der Waals surface area contributed by atoms with Gasteiger partial charge in [-0.3, -0.25) is 30.7 Å². The van der Waals surface area contributed by atoms with E-state index in [0.717, 1.165) is 25.7 Å². The second-order valence-corrected chi connectivity index (χ2v) is 5.85. The summed E-state index contributed by atoms with van der Waals surface area (Å²) >= 11 is 0. The topological polar surface area (TPSA) is 126 Å². The van der Waals surface area contributed by atoms with Crippen LogP contribution in [0.2, 0.25) is 0 Å². The SMILES string of the molecule is O=C(NNc1ncnc(N2CCCCCC2)c1[N+](=O)[O-])c1ccccn1. The van der Waals surface area contributed by atoms with Gasteiger partial charge in [-0.15, -0.1) is 0 Å². The molecule has 26 heavy (non-hydrogen) atoms. The Morgan fingerprint density at radius 1 is 1.12 bits per heavy atom. The predicted octanol–water partition coefficient (Wildman–Crippen LogP) is 1.92. The first-order valence-corrected chi connectivity index (χ1v) is 8.38. The van der Waals surface area contributed by atoms with E-state index in [2.05, 4.69) is 25.8 Å². The molecule has 0 spiro atoms. The summed E-state index contributed by atoms with van der Waals surface area (Å²) in [5.74, 6) is -0.315. The van der Waals surface area contributed by atoms with E-state index in [1.807, 2.05) is 4.90 Å². The number of amides is 1. The van der Waals surface area contributed by atoms with Crippen LogP contribution in [0.1, 0.15) is 36.2 Å². The number of hydrogen-bond donors (Lipinski definition) is 2. The quantitative estimate of drug-likeness (QED) is 0.614. The number of nitro groups is 1. The summed E-state index contributed by atoms with van der Waals surface area (Å²) in [6.45, 7) is 1.41. The van der Waals surface area contributed by atoms with Crippen molar-refractivity contribution in [2.75, 3.05) is 23.4 Å². The first kappa shape index (κ1) is 17.5. The fraction of sp³-hybridized carbons (Fsp3) is 0.375. The molecule has 136 valence electrons. The Balaban J connectivity index is 1.81. The molecule has 1 amide bonds. The Labute approximate surface area is 149 Å². The van der Waals surface area contributed by atoms with Crippen LogP contribution in [-0.4, -0.2) is 38.9 Å². The highest BCUT2D eigenvalue weighted by atomic mass is 16.6. The van der Waals surface area contributed by atoms with Crippen molar-refractivity contribution in [3.05, 3.63) is 46.5 Å². The van der Waals surface area contributed by atoms with Crippen molar-refractivity contribution in [2.45, 2.75) is 25.7 Å². The van der Waals surface area contributed by atoms with E-state index in [4.69, 9.17) is 0 Å². The van der Waals surface area contributed by atoms with Crippen molar-refractivity contribution in [3.8, 4) is 0 Å². The second-order valence-electron chi connectivity index (χ2n) is 5.85. The van der Waals surface area contributed by atoms with Gasteiger partial charge < -0.3 is 4.90 Å². The summed E-state index contributed by atoms with van der Waals surface area (Å²) in [5, 5.41) is 11.6. The van der Waals surface area contributed by atoms with Crippen LogP contribution in [0.25, 0.3) is 0 Å². The molecule has 10 nitrogen and oxygen atoms in total. The second kappa shape index (κ2) is 8.19. The number of rotatable bonds is 5. The average molecular weight is 357 g/mol. The average Bonchev–Trinajstić information content (AvgIpc) is 2.95. The van der Waals surface area contributed by atoms with Crippen molar-refractivity contribution < 1.29 is 9.72 Å². The molecule has 3 heterocycles. The molecule has 0 radical (unpaired) electrons. The van der Waals surface area contributed by atoms with Crippen molar-refractivity contribution in [3.63, 3.8) is 0 Å². The van der Waals surface area contributed by atoms with Crippen LogP contribution in [0.5, 0.6) is 0 Å². The van der Waals surface area contributed by atoms with Crippen molar-refractivity contribution >= 4 is 23.2 Å². The molecule has 0 aromatic carbocycles. The van der Waals surface area contributed by atoms with Crippen LogP contribution in [0, 0.1) is 10.1 Å². The van der Waals surface area contributed by atoms with Crippen molar-refractivity contribution in [1.29, 1.82) is 0 Å². The van der Waals surface area contributed by atoms with Gasteiger partial charge in [-0.05, 0) is 25.0 Å². The van der Waals surface area contributed by atoms with Gasteiger partial charge >= 0.3 is 5.69 Å². The van der Waals surface area contributed by atoms with E-state index in [0.29, 0.717) is 13.1 Å². The molecule has 0 bridgehead atoms. The molecule has 10 heteroatoms. The maximum absolute atomic E-state index is 12.1. The third-order valence-electron chi connectivity index (χ3n) is 4.08. The maximum Gasteiger partial charge on any atom is 0.355 e. The third-order valence-corrected chi connectivity index (χ3v) is 4.08. The highest BCUT2D eigenvalue weighted by Gasteiger charge is 2.27. The highest BCUT2D eigenvalue weighted by Crippen LogP contribution is 2.32. The molecule has 1 aliphatic heterocycles. The fourth-order valence-electron chi connectivity index (χ4n) is 2.82. The van der Waals surface area contributed by atoms with Gasteiger partial charge in [0.2, 0.25) is 11.6 Å². The Bertz CT molecular complexity index is 777. The number of pyridine rings is 1. The van der Waals surface area contributed by atoms with Crippen LogP contribution < -0.4 is 15.8 Å². The summed E-state index contributed by atoms with van der Waals surface area (Å²) in [6.07, 6.45) is 6.85. The minimum Gasteiger partial charge on any atom is -0.351 e. The summed E-state index contributed by atoms with van der Waals surface area (Å²) in [5.41, 5.74) is 4.85. The molecule has 1 aliphatic rings. The van der Waals surface area contributed by atoms with E-state index < -0.39 is 10.8 Å². The number of hydrogen-bond acceptors (Lipinski definition) is 8. The van der Waals surface area contributed by atoms with Gasteiger partial charge in [0.15, 0.2) is 0 Å². The maximum atomic E-state index is 12.1. The molecule has 2 aromatic rings. The van der Waals surface area contributed by atoms with Crippen LogP contribution >= 0.6 is 0 Å². The molecule has 0 atom stereocenters. The number of carbonyl (C=O) groups excluding carboxylic acids is 1. The van der Waals surface area contributed by atoms with Gasteiger partial charge in [0.1, 0.15) is 12.0 Å². The van der Waals surface area contributed by atoms with Gasteiger partial charge in [-0.1, -0.05) is 18.9 Å². The summed E-state index contributed by atoms with van der Waals surface area (Å²) in [7, 11) is 0. The first-order chi connectivity index (χ1) is 12.7. The molecule has 1 fully saturated rings. The lowest BCUT2D eigenvalue weighted by Crippen LogP contribution is -2.32. The molecular formula is C16H19N7O3. The Hall–Kier alpha value is -3.30. The number of nitrogens with one attached hydrogen (secondary N) is 2. The van der Waals surface area contributed by atoms with Gasteiger partial charge in [-0.2, -0.15) is 0 Å². The van der Waals surface area contributed by atoms with Gasteiger partial charge in [0.05, 0.1) is 4.92 Å². The van der Waals surface area contributed by atoms with Crippen LogP contribution in [-0.2, 0) is 0 Å². The predicted molar refractivity (Wildman–Crippen MR) is 94.7 cm³/mol. The number of aromatic nitrogens is 3. The van der Waals surface area contributed by atoms with Crippen LogP contribution in [0.15, 0.2) is 30.7 Å². The van der Waals surface area contributed by atoms with Gasteiger partial charge in [0.25, 0.3) is 5.91 Å². The van der Waals surface area contributed by atoms with E-state index in [1.54, 1.807) is 12.1 Å². The molecular weight excluding hydrogens is 338 g/mol. The molecule has 2 aromatic heterocycles. The van der Waals surface area contributed by atoms with Crippen molar-refractivity contribution in [1.82, 2.24) is 20.4 Å². The summed E-state index contributed by atoms with van der Waals surface area (Å²) in [6, 6.07) is 4.90. The van der Waals surface area contributed by atoms with Crippen LogP contribution in [0.3, 0.4) is 0 Å².